The van der Waals surface area contributed by atoms with Crippen LogP contribution in [-0.4, -0.2) is 40.3 Å². The molecule has 0 aliphatic rings. The normalized spacial score (nSPS) is 11.2. The van der Waals surface area contributed by atoms with Gasteiger partial charge in [-0.15, -0.1) is 0 Å². The summed E-state index contributed by atoms with van der Waals surface area (Å²) in [5.41, 5.74) is 0.0927. The molecular formula is C21H21FN2O4S. The van der Waals surface area contributed by atoms with E-state index in [0.29, 0.717) is 5.75 Å². The molecule has 0 fully saturated rings. The van der Waals surface area contributed by atoms with Crippen LogP contribution in [0.4, 0.5) is 10.1 Å². The van der Waals surface area contributed by atoms with Crippen LogP contribution in [0.2, 0.25) is 0 Å². The van der Waals surface area contributed by atoms with Crippen molar-refractivity contribution in [2.75, 3.05) is 30.3 Å². The summed E-state index contributed by atoms with van der Waals surface area (Å²) in [6, 6.07) is 18.7. The minimum atomic E-state index is -3.75. The average molecular weight is 416 g/mol. The summed E-state index contributed by atoms with van der Waals surface area (Å²) in [7, 11) is -3.75. The van der Waals surface area contributed by atoms with E-state index in [1.54, 1.807) is 0 Å². The van der Waals surface area contributed by atoms with E-state index >= 15 is 0 Å². The number of carbonyl (C=O) groups excluding carboxylic acids is 1. The van der Waals surface area contributed by atoms with Crippen molar-refractivity contribution < 1.29 is 22.3 Å². The summed E-state index contributed by atoms with van der Waals surface area (Å²) in [4.78, 5) is 12.2. The molecule has 29 heavy (non-hydrogen) atoms. The first kappa shape index (κ1) is 20.6. The summed E-state index contributed by atoms with van der Waals surface area (Å²) in [6.45, 7) is -0.0202. The Hall–Kier alpha value is -3.13. The second-order valence-corrected chi connectivity index (χ2v) is 8.36. The molecule has 0 atom stereocenters. The lowest BCUT2D eigenvalue weighted by Gasteiger charge is -2.21. The number of nitrogens with one attached hydrogen (secondary N) is 1. The third-order valence-electron chi connectivity index (χ3n) is 4.20. The molecular weight excluding hydrogens is 395 g/mol. The highest BCUT2D eigenvalue weighted by Gasteiger charge is 2.21. The topological polar surface area (TPSA) is 75.7 Å². The van der Waals surface area contributed by atoms with E-state index < -0.39 is 28.3 Å². The molecule has 3 rings (SSSR count). The zero-order valence-electron chi connectivity index (χ0n) is 15.8. The molecule has 0 spiro atoms. The number of ether oxygens (including phenoxy) is 1. The maximum absolute atomic E-state index is 13.4. The Morgan fingerprint density at radius 2 is 1.79 bits per heavy atom. The molecule has 0 bridgehead atoms. The van der Waals surface area contributed by atoms with Crippen LogP contribution in [0.15, 0.2) is 66.7 Å². The second-order valence-electron chi connectivity index (χ2n) is 6.46. The van der Waals surface area contributed by atoms with Crippen LogP contribution < -0.4 is 14.4 Å². The molecule has 1 N–H and O–H groups in total. The maximum Gasteiger partial charge on any atom is 0.240 e. The fourth-order valence-corrected chi connectivity index (χ4v) is 3.68. The number of nitrogens with zero attached hydrogens (tertiary/aromatic N) is 1. The highest BCUT2D eigenvalue weighted by molar-refractivity contribution is 7.92. The molecule has 0 radical (unpaired) electrons. The Labute approximate surface area is 169 Å². The minimum Gasteiger partial charge on any atom is -0.492 e. The number of halogens is 1. The Balaban J connectivity index is 1.53. The monoisotopic (exact) mass is 416 g/mol. The van der Waals surface area contributed by atoms with Gasteiger partial charge in [0.15, 0.2) is 0 Å². The standard InChI is InChI=1S/C21H21FN2O4S/c1-29(26,27)24(19-8-4-7-18(22)14-19)15-21(25)23-11-12-28-20-10-9-16-5-2-3-6-17(16)13-20/h2-10,13-14H,11-12,15H2,1H3,(H,23,25). The average Bonchev–Trinajstić information content (AvgIpc) is 2.68. The van der Waals surface area contributed by atoms with Gasteiger partial charge in [0.25, 0.3) is 0 Å². The van der Waals surface area contributed by atoms with Crippen LogP contribution in [0.3, 0.4) is 0 Å². The predicted molar refractivity (Wildman–Crippen MR) is 111 cm³/mol. The van der Waals surface area contributed by atoms with Gasteiger partial charge >= 0.3 is 0 Å². The number of hydrogen-bond acceptors (Lipinski definition) is 4. The van der Waals surface area contributed by atoms with E-state index in [9.17, 15) is 17.6 Å². The van der Waals surface area contributed by atoms with Crippen LogP contribution in [-0.2, 0) is 14.8 Å². The van der Waals surface area contributed by atoms with Crippen molar-refractivity contribution >= 4 is 32.4 Å². The molecule has 0 unspecified atom stereocenters. The van der Waals surface area contributed by atoms with E-state index in [1.807, 2.05) is 42.5 Å². The first-order valence-electron chi connectivity index (χ1n) is 8.94. The summed E-state index contributed by atoms with van der Waals surface area (Å²) < 4.78 is 43.9. The largest absolute Gasteiger partial charge is 0.492 e. The Morgan fingerprint density at radius 3 is 2.52 bits per heavy atom. The van der Waals surface area contributed by atoms with E-state index in [0.717, 1.165) is 27.4 Å². The van der Waals surface area contributed by atoms with Gasteiger partial charge < -0.3 is 10.1 Å². The van der Waals surface area contributed by atoms with Gasteiger partial charge in [0.05, 0.1) is 18.5 Å². The maximum atomic E-state index is 13.4. The van der Waals surface area contributed by atoms with Gasteiger partial charge in [0, 0.05) is 0 Å². The summed E-state index contributed by atoms with van der Waals surface area (Å²) in [5.74, 6) is -0.419. The molecule has 0 heterocycles. The van der Waals surface area contributed by atoms with Gasteiger partial charge in [-0.1, -0.05) is 36.4 Å². The Morgan fingerprint density at radius 1 is 1.03 bits per heavy atom. The number of fused-ring (bicyclic) bond motifs is 1. The third-order valence-corrected chi connectivity index (χ3v) is 5.34. The van der Waals surface area contributed by atoms with Gasteiger partial charge in [0.1, 0.15) is 24.7 Å². The molecule has 0 aliphatic carbocycles. The van der Waals surface area contributed by atoms with Crippen LogP contribution in [0, 0.1) is 5.82 Å². The highest BCUT2D eigenvalue weighted by atomic mass is 32.2. The van der Waals surface area contributed by atoms with Crippen molar-refractivity contribution in [1.29, 1.82) is 0 Å². The fraction of sp³-hybridized carbons (Fsp3) is 0.190. The first-order valence-corrected chi connectivity index (χ1v) is 10.8. The van der Waals surface area contributed by atoms with Crippen LogP contribution in [0.5, 0.6) is 5.75 Å². The van der Waals surface area contributed by atoms with Crippen LogP contribution in [0.25, 0.3) is 10.8 Å². The molecule has 0 saturated carbocycles. The number of anilines is 1. The highest BCUT2D eigenvalue weighted by Crippen LogP contribution is 2.20. The molecule has 0 saturated heterocycles. The quantitative estimate of drug-likeness (QED) is 0.573. The SMILES string of the molecule is CS(=O)(=O)N(CC(=O)NCCOc1ccc2ccccc2c1)c1cccc(F)c1. The van der Waals surface area contributed by atoms with Gasteiger partial charge in [0.2, 0.25) is 15.9 Å². The molecule has 3 aromatic rings. The lowest BCUT2D eigenvalue weighted by molar-refractivity contribution is -0.119. The number of hydrogen-bond donors (Lipinski definition) is 1. The minimum absolute atomic E-state index is 0.0927. The van der Waals surface area contributed by atoms with Crippen molar-refractivity contribution in [2.24, 2.45) is 0 Å². The van der Waals surface area contributed by atoms with Crippen LogP contribution in [0.1, 0.15) is 0 Å². The molecule has 0 aliphatic heterocycles. The number of amides is 1. The van der Waals surface area contributed by atoms with Gasteiger partial charge in [-0.2, -0.15) is 0 Å². The summed E-state index contributed by atoms with van der Waals surface area (Å²) in [5, 5.41) is 4.77. The zero-order valence-corrected chi connectivity index (χ0v) is 16.7. The number of rotatable bonds is 8. The zero-order chi connectivity index (χ0) is 20.9. The first-order chi connectivity index (χ1) is 13.8. The summed E-state index contributed by atoms with van der Waals surface area (Å²) >= 11 is 0. The smallest absolute Gasteiger partial charge is 0.240 e. The number of sulfonamides is 1. The number of benzene rings is 3. The Kier molecular flexibility index (Phi) is 6.33. The molecule has 0 aromatic heterocycles. The lowest BCUT2D eigenvalue weighted by Crippen LogP contribution is -2.41. The van der Waals surface area contributed by atoms with Gasteiger partial charge in [-0.3, -0.25) is 9.10 Å². The van der Waals surface area contributed by atoms with Crippen molar-refractivity contribution in [1.82, 2.24) is 5.32 Å². The summed E-state index contributed by atoms with van der Waals surface area (Å²) in [6.07, 6.45) is 0.966. The fourth-order valence-electron chi connectivity index (χ4n) is 2.83. The van der Waals surface area contributed by atoms with E-state index in [-0.39, 0.29) is 18.8 Å². The lowest BCUT2D eigenvalue weighted by atomic mass is 10.1. The van der Waals surface area contributed by atoms with E-state index in [4.69, 9.17) is 4.74 Å². The van der Waals surface area contributed by atoms with Crippen LogP contribution >= 0.6 is 0 Å². The molecule has 8 heteroatoms. The molecule has 152 valence electrons. The Bertz CT molecular complexity index is 1120. The predicted octanol–water partition coefficient (Wildman–Crippen LogP) is 2.94. The van der Waals surface area contributed by atoms with Gasteiger partial charge in [-0.25, -0.2) is 12.8 Å². The van der Waals surface area contributed by atoms with E-state index in [1.165, 1.54) is 18.2 Å². The van der Waals surface area contributed by atoms with Crippen molar-refractivity contribution in [3.63, 3.8) is 0 Å². The van der Waals surface area contributed by atoms with Crippen molar-refractivity contribution in [3.05, 3.63) is 72.5 Å². The van der Waals surface area contributed by atoms with Crippen molar-refractivity contribution in [3.8, 4) is 5.75 Å². The van der Waals surface area contributed by atoms with Crippen molar-refractivity contribution in [2.45, 2.75) is 0 Å². The van der Waals surface area contributed by atoms with E-state index in [2.05, 4.69) is 5.32 Å². The molecule has 3 aromatic carbocycles. The third kappa shape index (κ3) is 5.68. The molecule has 1 amide bonds. The molecule has 6 nitrogen and oxygen atoms in total. The second kappa shape index (κ2) is 8.91. The number of carbonyl (C=O) groups is 1. The van der Waals surface area contributed by atoms with Gasteiger partial charge in [-0.05, 0) is 41.1 Å².